The van der Waals surface area contributed by atoms with Gasteiger partial charge in [0.25, 0.3) is 5.91 Å². The van der Waals surface area contributed by atoms with Gasteiger partial charge < -0.3 is 15.2 Å². The first-order chi connectivity index (χ1) is 11.5. The number of carbonyl (C=O) groups is 2. The molecule has 7 nitrogen and oxygen atoms in total. The molecule has 24 heavy (non-hydrogen) atoms. The molecule has 2 N–H and O–H groups in total. The molecule has 1 fully saturated rings. The molecular weight excluding hydrogens is 332 g/mol. The number of nitrogens with zero attached hydrogens (tertiary/aromatic N) is 2. The first kappa shape index (κ1) is 16.4. The van der Waals surface area contributed by atoms with Crippen molar-refractivity contribution in [2.45, 2.75) is 31.7 Å². The van der Waals surface area contributed by atoms with Gasteiger partial charge in [0.1, 0.15) is 5.54 Å². The van der Waals surface area contributed by atoms with E-state index in [2.05, 4.69) is 20.8 Å². The number of halogens is 1. The summed E-state index contributed by atoms with van der Waals surface area (Å²) < 4.78 is 5.00. The number of rotatable bonds is 5. The maximum Gasteiger partial charge on any atom is 0.251 e. The standard InChI is InChI=1S/C16H17ClN4O3/c1-10-19-15(21-24-10)16(6-3-7-16)20-13(22)9-18-14(23)11-4-2-5-12(17)8-11/h2,4-5,8H,3,6-7,9H2,1H3,(H,18,23)(H,20,22). The van der Waals surface area contributed by atoms with Crippen molar-refractivity contribution < 1.29 is 14.1 Å². The highest BCUT2D eigenvalue weighted by Crippen LogP contribution is 2.39. The average molecular weight is 349 g/mol. The van der Waals surface area contributed by atoms with E-state index in [0.29, 0.717) is 22.3 Å². The lowest BCUT2D eigenvalue weighted by Crippen LogP contribution is -2.53. The quantitative estimate of drug-likeness (QED) is 0.860. The lowest BCUT2D eigenvalue weighted by molar-refractivity contribution is -0.123. The minimum absolute atomic E-state index is 0.135. The van der Waals surface area contributed by atoms with E-state index in [0.717, 1.165) is 19.3 Å². The highest BCUT2D eigenvalue weighted by molar-refractivity contribution is 6.30. The van der Waals surface area contributed by atoms with Crippen LogP contribution < -0.4 is 10.6 Å². The van der Waals surface area contributed by atoms with Crippen LogP contribution in [0.4, 0.5) is 0 Å². The van der Waals surface area contributed by atoms with Crippen molar-refractivity contribution in [2.24, 2.45) is 0 Å². The molecule has 8 heteroatoms. The molecule has 1 aromatic carbocycles. The van der Waals surface area contributed by atoms with Crippen molar-refractivity contribution in [1.82, 2.24) is 20.8 Å². The molecule has 1 aliphatic rings. The van der Waals surface area contributed by atoms with Gasteiger partial charge in [0.05, 0.1) is 6.54 Å². The summed E-state index contributed by atoms with van der Waals surface area (Å²) in [4.78, 5) is 28.4. The molecule has 0 atom stereocenters. The van der Waals surface area contributed by atoms with Gasteiger partial charge in [-0.05, 0) is 37.5 Å². The van der Waals surface area contributed by atoms with Crippen LogP contribution in [0.5, 0.6) is 0 Å². The van der Waals surface area contributed by atoms with Gasteiger partial charge in [-0.1, -0.05) is 22.8 Å². The molecule has 1 aliphatic carbocycles. The molecule has 0 spiro atoms. The molecule has 0 radical (unpaired) electrons. The summed E-state index contributed by atoms with van der Waals surface area (Å²) in [5.41, 5.74) is -0.183. The van der Waals surface area contributed by atoms with Crippen LogP contribution in [0.1, 0.15) is 41.3 Å². The zero-order valence-corrected chi connectivity index (χ0v) is 13.9. The lowest BCUT2D eigenvalue weighted by Gasteiger charge is -2.39. The molecule has 1 heterocycles. The van der Waals surface area contributed by atoms with Crippen LogP contribution in [-0.4, -0.2) is 28.5 Å². The lowest BCUT2D eigenvalue weighted by atomic mass is 9.76. The third-order valence-corrected chi connectivity index (χ3v) is 4.27. The molecule has 3 rings (SSSR count). The summed E-state index contributed by atoms with van der Waals surface area (Å²) in [6, 6.07) is 6.54. The van der Waals surface area contributed by atoms with E-state index in [9.17, 15) is 9.59 Å². The van der Waals surface area contributed by atoms with Crippen molar-refractivity contribution >= 4 is 23.4 Å². The van der Waals surface area contributed by atoms with Gasteiger partial charge in [0, 0.05) is 17.5 Å². The zero-order valence-electron chi connectivity index (χ0n) is 13.1. The number of benzene rings is 1. The molecule has 1 aromatic heterocycles. The first-order valence-corrected chi connectivity index (χ1v) is 8.02. The fourth-order valence-corrected chi connectivity index (χ4v) is 2.82. The summed E-state index contributed by atoms with van der Waals surface area (Å²) in [5.74, 6) is 0.291. The van der Waals surface area contributed by atoms with Gasteiger partial charge in [0.2, 0.25) is 11.8 Å². The summed E-state index contributed by atoms with van der Waals surface area (Å²) in [7, 11) is 0. The van der Waals surface area contributed by atoms with Crippen molar-refractivity contribution in [2.75, 3.05) is 6.54 Å². The maximum absolute atomic E-state index is 12.2. The monoisotopic (exact) mass is 348 g/mol. The number of hydrogen-bond donors (Lipinski definition) is 2. The molecule has 2 amide bonds. The Bertz CT molecular complexity index is 770. The first-order valence-electron chi connectivity index (χ1n) is 7.64. The molecule has 126 valence electrons. The van der Waals surface area contributed by atoms with E-state index in [4.69, 9.17) is 16.1 Å². The van der Waals surface area contributed by atoms with E-state index in [1.54, 1.807) is 31.2 Å². The summed E-state index contributed by atoms with van der Waals surface area (Å²) in [6.45, 7) is 1.57. The second-order valence-electron chi connectivity index (χ2n) is 5.81. The molecular formula is C16H17ClN4O3. The number of carbonyl (C=O) groups excluding carboxylic acids is 2. The Morgan fingerprint density at radius 3 is 2.75 bits per heavy atom. The minimum Gasteiger partial charge on any atom is -0.343 e. The predicted octanol–water partition coefficient (Wildman–Crippen LogP) is 1.96. The third-order valence-electron chi connectivity index (χ3n) is 4.04. The van der Waals surface area contributed by atoms with Crippen LogP contribution in [0.2, 0.25) is 5.02 Å². The van der Waals surface area contributed by atoms with Crippen LogP contribution in [0.15, 0.2) is 28.8 Å². The Morgan fingerprint density at radius 2 is 2.17 bits per heavy atom. The van der Waals surface area contributed by atoms with Crippen LogP contribution in [0.3, 0.4) is 0 Å². The van der Waals surface area contributed by atoms with Crippen molar-refractivity contribution in [3.63, 3.8) is 0 Å². The molecule has 0 unspecified atom stereocenters. The SMILES string of the molecule is Cc1nc(C2(NC(=O)CNC(=O)c3cccc(Cl)c3)CCC2)no1. The Hall–Kier alpha value is -2.41. The number of hydrogen-bond acceptors (Lipinski definition) is 5. The van der Waals surface area contributed by atoms with Gasteiger partial charge in [-0.25, -0.2) is 0 Å². The third kappa shape index (κ3) is 3.41. The highest BCUT2D eigenvalue weighted by atomic mass is 35.5. The van der Waals surface area contributed by atoms with E-state index >= 15 is 0 Å². The molecule has 0 bridgehead atoms. The fourth-order valence-electron chi connectivity index (χ4n) is 2.63. The Labute approximate surface area is 143 Å². The topological polar surface area (TPSA) is 97.1 Å². The van der Waals surface area contributed by atoms with E-state index in [1.165, 1.54) is 0 Å². The van der Waals surface area contributed by atoms with Crippen LogP contribution in [-0.2, 0) is 10.3 Å². The smallest absolute Gasteiger partial charge is 0.251 e. The normalized spacial score (nSPS) is 15.4. The number of aromatic nitrogens is 2. The highest BCUT2D eigenvalue weighted by Gasteiger charge is 2.44. The van der Waals surface area contributed by atoms with E-state index < -0.39 is 5.54 Å². The zero-order chi connectivity index (χ0) is 17.2. The van der Waals surface area contributed by atoms with Crippen molar-refractivity contribution in [3.05, 3.63) is 46.6 Å². The average Bonchev–Trinajstić information content (AvgIpc) is 2.95. The van der Waals surface area contributed by atoms with Crippen molar-refractivity contribution in [3.8, 4) is 0 Å². The van der Waals surface area contributed by atoms with Gasteiger partial charge >= 0.3 is 0 Å². The Morgan fingerprint density at radius 1 is 1.38 bits per heavy atom. The van der Waals surface area contributed by atoms with Gasteiger partial charge in [0.15, 0.2) is 5.82 Å². The van der Waals surface area contributed by atoms with E-state index in [-0.39, 0.29) is 18.4 Å². The van der Waals surface area contributed by atoms with E-state index in [1.807, 2.05) is 0 Å². The summed E-state index contributed by atoms with van der Waals surface area (Å²) in [5, 5.41) is 9.87. The maximum atomic E-state index is 12.2. The Balaban J connectivity index is 1.58. The number of aryl methyl sites for hydroxylation is 1. The minimum atomic E-state index is -0.588. The van der Waals surface area contributed by atoms with Gasteiger partial charge in [-0.3, -0.25) is 9.59 Å². The molecule has 1 saturated carbocycles. The summed E-state index contributed by atoms with van der Waals surface area (Å²) >= 11 is 5.85. The van der Waals surface area contributed by atoms with Crippen molar-refractivity contribution in [1.29, 1.82) is 0 Å². The summed E-state index contributed by atoms with van der Waals surface area (Å²) in [6.07, 6.45) is 2.47. The second-order valence-corrected chi connectivity index (χ2v) is 6.25. The number of amides is 2. The molecule has 0 aliphatic heterocycles. The van der Waals surface area contributed by atoms with Crippen LogP contribution >= 0.6 is 11.6 Å². The molecule has 2 aromatic rings. The van der Waals surface area contributed by atoms with Crippen LogP contribution in [0, 0.1) is 6.92 Å². The largest absolute Gasteiger partial charge is 0.343 e. The second kappa shape index (κ2) is 6.60. The molecule has 0 saturated heterocycles. The van der Waals surface area contributed by atoms with Gasteiger partial charge in [-0.2, -0.15) is 4.98 Å². The fraction of sp³-hybridized carbons (Fsp3) is 0.375. The van der Waals surface area contributed by atoms with Crippen LogP contribution in [0.25, 0.3) is 0 Å². The number of nitrogens with one attached hydrogen (secondary N) is 2. The van der Waals surface area contributed by atoms with Gasteiger partial charge in [-0.15, -0.1) is 0 Å². The Kier molecular flexibility index (Phi) is 4.53. The predicted molar refractivity (Wildman–Crippen MR) is 86.5 cm³/mol.